The van der Waals surface area contributed by atoms with Gasteiger partial charge in [0.1, 0.15) is 12.2 Å². The van der Waals surface area contributed by atoms with Crippen LogP contribution in [0, 0.1) is 0 Å². The van der Waals surface area contributed by atoms with E-state index in [2.05, 4.69) is 12.1 Å². The van der Waals surface area contributed by atoms with Crippen molar-refractivity contribution in [2.24, 2.45) is 0 Å². The fourth-order valence-electron chi connectivity index (χ4n) is 4.00. The fraction of sp³-hybridized carbons (Fsp3) is 0.550. The van der Waals surface area contributed by atoms with E-state index in [4.69, 9.17) is 0 Å². The molecule has 152 valence electrons. The van der Waals surface area contributed by atoms with Gasteiger partial charge in [0.2, 0.25) is 11.8 Å². The van der Waals surface area contributed by atoms with E-state index < -0.39 is 12.0 Å². The Labute approximate surface area is 165 Å². The van der Waals surface area contributed by atoms with Crippen molar-refractivity contribution < 1.29 is 19.5 Å². The van der Waals surface area contributed by atoms with E-state index in [1.807, 2.05) is 42.3 Å². The fourth-order valence-corrected chi connectivity index (χ4v) is 4.00. The minimum atomic E-state index is -1.07. The lowest BCUT2D eigenvalue weighted by Gasteiger charge is -2.53. The summed E-state index contributed by atoms with van der Waals surface area (Å²) in [4.78, 5) is 40.0. The van der Waals surface area contributed by atoms with Gasteiger partial charge in [-0.25, -0.2) is 10.0 Å². The van der Waals surface area contributed by atoms with Crippen molar-refractivity contribution in [1.82, 2.24) is 19.8 Å². The van der Waals surface area contributed by atoms with Crippen LogP contribution >= 0.6 is 0 Å². The molecule has 2 aliphatic rings. The van der Waals surface area contributed by atoms with E-state index in [0.29, 0.717) is 13.1 Å². The molecule has 8 heteroatoms. The van der Waals surface area contributed by atoms with Gasteiger partial charge >= 0.3 is 5.97 Å². The molecule has 0 aliphatic carbocycles. The molecule has 0 spiro atoms. The monoisotopic (exact) mass is 388 g/mol. The smallest absolute Gasteiger partial charge is 0.305 e. The topological polar surface area (TPSA) is 84.4 Å². The normalized spacial score (nSPS) is 23.8. The van der Waals surface area contributed by atoms with E-state index in [-0.39, 0.29) is 30.9 Å². The van der Waals surface area contributed by atoms with E-state index in [1.165, 1.54) is 10.5 Å². The molecule has 0 saturated carbocycles. The molecule has 0 bridgehead atoms. The summed E-state index contributed by atoms with van der Waals surface area (Å²) in [5, 5.41) is 13.0. The van der Waals surface area contributed by atoms with Crippen molar-refractivity contribution in [3.05, 3.63) is 35.9 Å². The second kappa shape index (κ2) is 8.70. The molecule has 2 fully saturated rings. The Morgan fingerprint density at radius 3 is 2.54 bits per heavy atom. The van der Waals surface area contributed by atoms with Crippen LogP contribution in [0.5, 0.6) is 0 Å². The van der Waals surface area contributed by atoms with Crippen LogP contribution in [0.25, 0.3) is 0 Å². The summed E-state index contributed by atoms with van der Waals surface area (Å²) in [6, 6.07) is 9.26. The molecule has 1 unspecified atom stereocenters. The number of carboxylic acids is 1. The highest BCUT2D eigenvalue weighted by atomic mass is 16.4. The third-order valence-corrected chi connectivity index (χ3v) is 5.61. The van der Waals surface area contributed by atoms with Crippen LogP contribution in [-0.4, -0.2) is 88.6 Å². The first-order chi connectivity index (χ1) is 13.4. The van der Waals surface area contributed by atoms with Gasteiger partial charge in [0.25, 0.3) is 0 Å². The number of unbranched alkanes of at least 4 members (excludes halogenated alkanes) is 1. The largest absolute Gasteiger partial charge is 0.481 e. The number of amides is 2. The Hall–Kier alpha value is -2.45. The molecule has 2 saturated heterocycles. The van der Waals surface area contributed by atoms with Gasteiger partial charge in [-0.3, -0.25) is 14.4 Å². The van der Waals surface area contributed by atoms with E-state index >= 15 is 0 Å². The highest BCUT2D eigenvalue weighted by Crippen LogP contribution is 2.26. The van der Waals surface area contributed by atoms with Crippen LogP contribution < -0.4 is 0 Å². The lowest BCUT2D eigenvalue weighted by molar-refractivity contribution is -0.194. The summed E-state index contributed by atoms with van der Waals surface area (Å²) in [6.45, 7) is 1.11. The van der Waals surface area contributed by atoms with Gasteiger partial charge in [-0.1, -0.05) is 30.3 Å². The standard InChI is InChI=1S/C20H28N4O4/c1-21-14-18(25)24-16(12-19(26)27)20(28)23(13-17(24)22(21)2)11-7-6-10-15-8-4-3-5-9-15/h3-5,8-9,16-17H,6-7,10-14H2,1-2H3,(H,26,27)/t16?,17-/m1/s1. The first-order valence-corrected chi connectivity index (χ1v) is 9.68. The quantitative estimate of drug-likeness (QED) is 0.690. The molecule has 1 aromatic carbocycles. The van der Waals surface area contributed by atoms with E-state index in [1.54, 1.807) is 4.90 Å². The van der Waals surface area contributed by atoms with Gasteiger partial charge in [-0.05, 0) is 24.8 Å². The summed E-state index contributed by atoms with van der Waals surface area (Å²) in [5.74, 6) is -1.53. The minimum absolute atomic E-state index is 0.146. The average Bonchev–Trinajstić information content (AvgIpc) is 2.66. The molecule has 0 radical (unpaired) electrons. The highest BCUT2D eigenvalue weighted by Gasteiger charge is 2.48. The third-order valence-electron chi connectivity index (χ3n) is 5.61. The Morgan fingerprint density at radius 1 is 1.14 bits per heavy atom. The zero-order valence-electron chi connectivity index (χ0n) is 16.5. The van der Waals surface area contributed by atoms with Crippen molar-refractivity contribution in [3.8, 4) is 0 Å². The van der Waals surface area contributed by atoms with Gasteiger partial charge in [-0.2, -0.15) is 0 Å². The molecule has 1 N–H and O–H groups in total. The van der Waals surface area contributed by atoms with Gasteiger partial charge in [0.05, 0.1) is 19.5 Å². The number of hydrazine groups is 1. The van der Waals surface area contributed by atoms with Gasteiger partial charge in [0, 0.05) is 20.6 Å². The molecule has 8 nitrogen and oxygen atoms in total. The zero-order chi connectivity index (χ0) is 20.3. The second-order valence-electron chi connectivity index (χ2n) is 7.51. The van der Waals surface area contributed by atoms with Crippen molar-refractivity contribution >= 4 is 17.8 Å². The molecule has 1 aromatic rings. The number of fused-ring (bicyclic) bond motifs is 1. The number of carbonyl (C=O) groups excluding carboxylic acids is 2. The maximum atomic E-state index is 13.0. The minimum Gasteiger partial charge on any atom is -0.481 e. The first kappa shape index (κ1) is 20.3. The number of piperazine rings is 1. The van der Waals surface area contributed by atoms with Crippen LogP contribution in [0.2, 0.25) is 0 Å². The number of hydrogen-bond donors (Lipinski definition) is 1. The molecule has 2 aliphatic heterocycles. The Morgan fingerprint density at radius 2 is 1.86 bits per heavy atom. The number of nitrogens with zero attached hydrogens (tertiary/aromatic N) is 4. The predicted molar refractivity (Wildman–Crippen MR) is 103 cm³/mol. The molecule has 2 atom stereocenters. The summed E-state index contributed by atoms with van der Waals surface area (Å²) >= 11 is 0. The Kier molecular flexibility index (Phi) is 6.31. The third kappa shape index (κ3) is 4.34. The number of aryl methyl sites for hydroxylation is 1. The van der Waals surface area contributed by atoms with Crippen molar-refractivity contribution in [3.63, 3.8) is 0 Å². The number of carboxylic acid groups (broad SMARTS) is 1. The highest BCUT2D eigenvalue weighted by molar-refractivity contribution is 5.92. The summed E-state index contributed by atoms with van der Waals surface area (Å²) in [6.07, 6.45) is 2.03. The van der Waals surface area contributed by atoms with Crippen LogP contribution in [-0.2, 0) is 20.8 Å². The van der Waals surface area contributed by atoms with E-state index in [9.17, 15) is 19.5 Å². The second-order valence-corrected chi connectivity index (χ2v) is 7.51. The number of carbonyl (C=O) groups is 3. The lowest BCUT2D eigenvalue weighted by Crippen LogP contribution is -2.73. The van der Waals surface area contributed by atoms with Gasteiger partial charge in [-0.15, -0.1) is 0 Å². The van der Waals surface area contributed by atoms with Crippen molar-refractivity contribution in [1.29, 1.82) is 0 Å². The number of hydrogen-bond acceptors (Lipinski definition) is 5. The summed E-state index contributed by atoms with van der Waals surface area (Å²) in [7, 11) is 3.69. The number of likely N-dealkylation sites (N-methyl/N-ethyl adjacent to an activating group) is 2. The molecule has 2 heterocycles. The van der Waals surface area contributed by atoms with Gasteiger partial charge < -0.3 is 14.9 Å². The maximum absolute atomic E-state index is 13.0. The van der Waals surface area contributed by atoms with Crippen LogP contribution in [0.4, 0.5) is 0 Å². The first-order valence-electron chi connectivity index (χ1n) is 9.68. The Bertz CT molecular complexity index is 726. The van der Waals surface area contributed by atoms with Crippen LogP contribution in [0.15, 0.2) is 30.3 Å². The molecule has 3 rings (SSSR count). The van der Waals surface area contributed by atoms with Crippen molar-refractivity contribution in [2.45, 2.75) is 37.9 Å². The number of aliphatic carboxylic acids is 1. The van der Waals surface area contributed by atoms with Crippen LogP contribution in [0.3, 0.4) is 0 Å². The lowest BCUT2D eigenvalue weighted by atomic mass is 10.0. The maximum Gasteiger partial charge on any atom is 0.305 e. The summed E-state index contributed by atoms with van der Waals surface area (Å²) in [5.41, 5.74) is 1.27. The molecule has 2 amide bonds. The number of rotatable bonds is 7. The molecule has 28 heavy (non-hydrogen) atoms. The number of benzene rings is 1. The molecular weight excluding hydrogens is 360 g/mol. The van der Waals surface area contributed by atoms with Crippen LogP contribution in [0.1, 0.15) is 24.8 Å². The zero-order valence-corrected chi connectivity index (χ0v) is 16.5. The SMILES string of the molecule is CN1CC(=O)N2C(CC(=O)O)C(=O)N(CCCCc3ccccc3)C[C@@H]2N1C. The van der Waals surface area contributed by atoms with Crippen molar-refractivity contribution in [2.75, 3.05) is 33.7 Å². The van der Waals surface area contributed by atoms with E-state index in [0.717, 1.165) is 19.3 Å². The summed E-state index contributed by atoms with van der Waals surface area (Å²) < 4.78 is 0. The average molecular weight is 388 g/mol. The molecule has 0 aromatic heterocycles. The predicted octanol–water partition coefficient (Wildman–Crippen LogP) is 0.642. The Balaban J connectivity index is 1.66. The molecular formula is C20H28N4O4. The van der Waals surface area contributed by atoms with Gasteiger partial charge in [0.15, 0.2) is 0 Å².